The van der Waals surface area contributed by atoms with E-state index in [1.54, 1.807) is 42.5 Å². The highest BCUT2D eigenvalue weighted by Crippen LogP contribution is 2.36. The normalized spacial score (nSPS) is 11.3. The first kappa shape index (κ1) is 23.1. The summed E-state index contributed by atoms with van der Waals surface area (Å²) in [5.41, 5.74) is 0.234. The fourth-order valence-corrected chi connectivity index (χ4v) is 3.26. The molecule has 0 aliphatic carbocycles. The van der Waals surface area contributed by atoms with Crippen LogP contribution in [0, 0.1) is 3.57 Å². The van der Waals surface area contributed by atoms with Gasteiger partial charge in [0.2, 0.25) is 5.95 Å². The van der Waals surface area contributed by atoms with Crippen molar-refractivity contribution in [2.45, 2.75) is 32.4 Å². The topological polar surface area (TPSA) is 59.1 Å². The molecule has 3 rings (SSSR count). The Morgan fingerprint density at radius 2 is 1.74 bits per heavy atom. The van der Waals surface area contributed by atoms with Crippen molar-refractivity contribution >= 4 is 45.7 Å². The molecule has 164 valence electrons. The van der Waals surface area contributed by atoms with Crippen LogP contribution in [0.3, 0.4) is 0 Å². The van der Waals surface area contributed by atoms with E-state index in [2.05, 4.69) is 27.5 Å². The molecule has 1 aromatic heterocycles. The van der Waals surface area contributed by atoms with Gasteiger partial charge in [0, 0.05) is 15.5 Å². The minimum Gasteiger partial charge on any atom is -0.494 e. The van der Waals surface area contributed by atoms with E-state index in [0.717, 1.165) is 34.8 Å². The van der Waals surface area contributed by atoms with E-state index in [9.17, 15) is 13.2 Å². The summed E-state index contributed by atoms with van der Waals surface area (Å²) < 4.78 is 46.8. The lowest BCUT2D eigenvalue weighted by molar-refractivity contribution is -0.137. The number of hydrogen-bond donors (Lipinski definition) is 2. The summed E-state index contributed by atoms with van der Waals surface area (Å²) in [7, 11) is 0. The summed E-state index contributed by atoms with van der Waals surface area (Å²) in [4.78, 5) is 7.92. The highest BCUT2D eigenvalue weighted by Gasteiger charge is 2.35. The Morgan fingerprint density at radius 3 is 2.42 bits per heavy atom. The van der Waals surface area contributed by atoms with Crippen molar-refractivity contribution in [2.75, 3.05) is 17.2 Å². The van der Waals surface area contributed by atoms with Crippen LogP contribution in [0.4, 0.5) is 36.3 Å². The van der Waals surface area contributed by atoms with Crippen molar-refractivity contribution in [1.29, 1.82) is 0 Å². The highest BCUT2D eigenvalue weighted by molar-refractivity contribution is 14.1. The van der Waals surface area contributed by atoms with Crippen LogP contribution in [0.1, 0.15) is 31.7 Å². The summed E-state index contributed by atoms with van der Waals surface area (Å²) >= 11 is 2.05. The van der Waals surface area contributed by atoms with Crippen molar-refractivity contribution in [2.24, 2.45) is 0 Å². The number of ether oxygens (including phenoxy) is 1. The largest absolute Gasteiger partial charge is 0.494 e. The van der Waals surface area contributed by atoms with Gasteiger partial charge in [-0.05, 0) is 65.4 Å². The third kappa shape index (κ3) is 6.71. The van der Waals surface area contributed by atoms with E-state index in [-0.39, 0.29) is 11.8 Å². The maximum absolute atomic E-state index is 13.4. The SMILES string of the molecule is CCCCCOc1ccc(Nc2ncc(C(F)(F)F)c(Nc3ccccc3I)n2)cc1. The lowest BCUT2D eigenvalue weighted by atomic mass is 10.2. The van der Waals surface area contributed by atoms with Crippen LogP contribution < -0.4 is 15.4 Å². The number of aromatic nitrogens is 2. The molecular formula is C22H22F3IN4O. The molecule has 0 radical (unpaired) electrons. The predicted molar refractivity (Wildman–Crippen MR) is 124 cm³/mol. The summed E-state index contributed by atoms with van der Waals surface area (Å²) in [6.07, 6.45) is -0.578. The van der Waals surface area contributed by atoms with Crippen molar-refractivity contribution < 1.29 is 17.9 Å². The van der Waals surface area contributed by atoms with Crippen LogP contribution in [0.25, 0.3) is 0 Å². The number of nitrogens with zero attached hydrogens (tertiary/aromatic N) is 2. The summed E-state index contributed by atoms with van der Waals surface area (Å²) in [6, 6.07) is 14.2. The van der Waals surface area contributed by atoms with E-state index >= 15 is 0 Å². The van der Waals surface area contributed by atoms with Crippen molar-refractivity contribution in [3.63, 3.8) is 0 Å². The second kappa shape index (κ2) is 10.7. The van der Waals surface area contributed by atoms with E-state index in [1.165, 1.54) is 0 Å². The minimum atomic E-state index is -4.59. The first-order chi connectivity index (χ1) is 14.9. The Balaban J connectivity index is 1.77. The molecule has 2 aromatic carbocycles. The van der Waals surface area contributed by atoms with Gasteiger partial charge in [0.05, 0.1) is 12.3 Å². The maximum atomic E-state index is 13.4. The summed E-state index contributed by atoms with van der Waals surface area (Å²) in [5.74, 6) is 0.471. The number of alkyl halides is 3. The van der Waals surface area contributed by atoms with Crippen LogP contribution in [-0.4, -0.2) is 16.6 Å². The van der Waals surface area contributed by atoms with E-state index in [1.807, 2.05) is 28.7 Å². The molecule has 0 amide bonds. The Hall–Kier alpha value is -2.56. The molecule has 0 aliphatic rings. The number of benzene rings is 2. The lowest BCUT2D eigenvalue weighted by Crippen LogP contribution is -2.13. The van der Waals surface area contributed by atoms with Gasteiger partial charge in [-0.2, -0.15) is 18.2 Å². The zero-order valence-electron chi connectivity index (χ0n) is 16.8. The number of unbranched alkanes of at least 4 members (excludes halogenated alkanes) is 2. The van der Waals surface area contributed by atoms with Gasteiger partial charge in [-0.1, -0.05) is 31.9 Å². The monoisotopic (exact) mass is 542 g/mol. The fraction of sp³-hybridized carbons (Fsp3) is 0.273. The standard InChI is InChI=1S/C22H22F3IN4O/c1-2-3-6-13-31-16-11-9-15(10-12-16)28-21-27-14-17(22(23,24)25)20(30-21)29-19-8-5-4-7-18(19)26/h4-5,7-12,14H,2-3,6,13H2,1H3,(H2,27,28,29,30). The zero-order valence-corrected chi connectivity index (χ0v) is 19.0. The van der Waals surface area contributed by atoms with Gasteiger partial charge in [-0.25, -0.2) is 4.98 Å². The Kier molecular flexibility index (Phi) is 7.94. The molecule has 0 bridgehead atoms. The predicted octanol–water partition coefficient (Wildman–Crippen LogP) is 7.16. The van der Waals surface area contributed by atoms with E-state index < -0.39 is 11.7 Å². The first-order valence-electron chi connectivity index (χ1n) is 9.82. The molecule has 5 nitrogen and oxygen atoms in total. The zero-order chi connectivity index (χ0) is 22.3. The van der Waals surface area contributed by atoms with Gasteiger partial charge >= 0.3 is 6.18 Å². The number of halogens is 4. The van der Waals surface area contributed by atoms with Crippen LogP contribution in [0.5, 0.6) is 5.75 Å². The van der Waals surface area contributed by atoms with Gasteiger partial charge in [0.25, 0.3) is 0 Å². The molecule has 1 heterocycles. The summed E-state index contributed by atoms with van der Waals surface area (Å²) in [6.45, 7) is 2.78. The number of anilines is 4. The van der Waals surface area contributed by atoms with Crippen LogP contribution in [-0.2, 0) is 6.18 Å². The van der Waals surface area contributed by atoms with Gasteiger partial charge < -0.3 is 15.4 Å². The molecule has 2 N–H and O–H groups in total. The number of hydrogen-bond acceptors (Lipinski definition) is 5. The smallest absolute Gasteiger partial charge is 0.421 e. The maximum Gasteiger partial charge on any atom is 0.421 e. The average molecular weight is 542 g/mol. The van der Waals surface area contributed by atoms with Gasteiger partial charge in [-0.3, -0.25) is 0 Å². The Labute approximate surface area is 192 Å². The molecule has 0 saturated carbocycles. The molecule has 0 aliphatic heterocycles. The van der Waals surface area contributed by atoms with Crippen molar-refractivity contribution in [1.82, 2.24) is 9.97 Å². The van der Waals surface area contributed by atoms with Gasteiger partial charge in [-0.15, -0.1) is 0 Å². The third-order valence-electron chi connectivity index (χ3n) is 4.35. The fourth-order valence-electron chi connectivity index (χ4n) is 2.74. The minimum absolute atomic E-state index is 0.0538. The highest BCUT2D eigenvalue weighted by atomic mass is 127. The lowest BCUT2D eigenvalue weighted by Gasteiger charge is -2.15. The number of para-hydroxylation sites is 1. The van der Waals surface area contributed by atoms with Crippen LogP contribution >= 0.6 is 22.6 Å². The van der Waals surface area contributed by atoms with Crippen LogP contribution in [0.2, 0.25) is 0 Å². The molecule has 9 heteroatoms. The van der Waals surface area contributed by atoms with Crippen molar-refractivity contribution in [3.8, 4) is 5.75 Å². The average Bonchev–Trinajstić information content (AvgIpc) is 2.73. The molecule has 0 spiro atoms. The van der Waals surface area contributed by atoms with Gasteiger partial charge in [0.15, 0.2) is 0 Å². The molecule has 31 heavy (non-hydrogen) atoms. The molecule has 0 saturated heterocycles. The van der Waals surface area contributed by atoms with Crippen molar-refractivity contribution in [3.05, 3.63) is 63.9 Å². The molecular weight excluding hydrogens is 520 g/mol. The van der Waals surface area contributed by atoms with Crippen LogP contribution in [0.15, 0.2) is 54.7 Å². The second-order valence-corrected chi connectivity index (χ2v) is 7.93. The quantitative estimate of drug-likeness (QED) is 0.222. The van der Waals surface area contributed by atoms with Gasteiger partial charge in [0.1, 0.15) is 17.1 Å². The second-order valence-electron chi connectivity index (χ2n) is 6.76. The summed E-state index contributed by atoms with van der Waals surface area (Å²) in [5, 5.41) is 5.72. The number of nitrogens with one attached hydrogen (secondary N) is 2. The molecule has 0 unspecified atom stereocenters. The molecule has 0 atom stereocenters. The third-order valence-corrected chi connectivity index (χ3v) is 5.29. The molecule has 0 fully saturated rings. The van der Waals surface area contributed by atoms with E-state index in [4.69, 9.17) is 4.74 Å². The van der Waals surface area contributed by atoms with E-state index in [0.29, 0.717) is 18.0 Å². The Bertz CT molecular complexity index is 997. The number of rotatable bonds is 9. The molecule has 3 aromatic rings. The first-order valence-corrected chi connectivity index (χ1v) is 10.9. The Morgan fingerprint density at radius 1 is 1.00 bits per heavy atom.